The van der Waals surface area contributed by atoms with Crippen LogP contribution in [0.15, 0.2) is 18.2 Å². The summed E-state index contributed by atoms with van der Waals surface area (Å²) in [6.45, 7) is 6.15. The predicted molar refractivity (Wildman–Crippen MR) is 68.1 cm³/mol. The van der Waals surface area contributed by atoms with Gasteiger partial charge in [-0.2, -0.15) is 0 Å². The van der Waals surface area contributed by atoms with Crippen LogP contribution in [0.3, 0.4) is 0 Å². The molecule has 94 valence electrons. The van der Waals surface area contributed by atoms with Gasteiger partial charge in [0, 0.05) is 6.54 Å². The van der Waals surface area contributed by atoms with E-state index in [-0.39, 0.29) is 12.1 Å². The summed E-state index contributed by atoms with van der Waals surface area (Å²) in [4.78, 5) is 0. The molecular formula is C14H21NO2. The van der Waals surface area contributed by atoms with E-state index in [1.165, 1.54) is 0 Å². The van der Waals surface area contributed by atoms with E-state index in [0.717, 1.165) is 29.7 Å². The first-order valence-electron chi connectivity index (χ1n) is 6.09. The Morgan fingerprint density at radius 1 is 1.47 bits per heavy atom. The van der Waals surface area contributed by atoms with Crippen molar-refractivity contribution in [3.63, 3.8) is 0 Å². The number of ether oxygens (including phenoxy) is 1. The van der Waals surface area contributed by atoms with Crippen LogP contribution >= 0.6 is 0 Å². The third kappa shape index (κ3) is 2.45. The van der Waals surface area contributed by atoms with E-state index in [1.54, 1.807) is 6.92 Å². The van der Waals surface area contributed by atoms with Gasteiger partial charge in [-0.1, -0.05) is 6.07 Å². The Labute approximate surface area is 103 Å². The van der Waals surface area contributed by atoms with Gasteiger partial charge in [-0.15, -0.1) is 0 Å². The minimum absolute atomic E-state index is 0.0924. The summed E-state index contributed by atoms with van der Waals surface area (Å²) < 4.78 is 5.91. The van der Waals surface area contributed by atoms with E-state index in [1.807, 2.05) is 18.2 Å². The summed E-state index contributed by atoms with van der Waals surface area (Å²) in [7, 11) is 0. The maximum absolute atomic E-state index is 10.1. The maximum Gasteiger partial charge on any atom is 0.123 e. The Morgan fingerprint density at radius 3 is 2.82 bits per heavy atom. The van der Waals surface area contributed by atoms with E-state index in [9.17, 15) is 5.11 Å². The normalized spacial score (nSPS) is 21.2. The second-order valence-electron chi connectivity index (χ2n) is 5.66. The zero-order valence-corrected chi connectivity index (χ0v) is 10.8. The molecular weight excluding hydrogens is 214 g/mol. The fraction of sp³-hybridized carbons (Fsp3) is 0.571. The van der Waals surface area contributed by atoms with Crippen molar-refractivity contribution < 1.29 is 9.84 Å². The molecule has 0 fully saturated rings. The van der Waals surface area contributed by atoms with Gasteiger partial charge in [-0.25, -0.2) is 0 Å². The van der Waals surface area contributed by atoms with Crippen LogP contribution in [0.4, 0.5) is 0 Å². The molecule has 1 aliphatic rings. The smallest absolute Gasteiger partial charge is 0.123 e. The topological polar surface area (TPSA) is 55.5 Å². The van der Waals surface area contributed by atoms with Crippen LogP contribution in [-0.4, -0.2) is 17.3 Å². The molecule has 0 bridgehead atoms. The van der Waals surface area contributed by atoms with Crippen molar-refractivity contribution in [2.45, 2.75) is 44.8 Å². The number of hydrogen-bond donors (Lipinski definition) is 2. The largest absolute Gasteiger partial charge is 0.488 e. The summed E-state index contributed by atoms with van der Waals surface area (Å²) in [6, 6.07) is 5.85. The molecule has 3 heteroatoms. The molecule has 1 heterocycles. The molecule has 3 N–H and O–H groups in total. The standard InChI is InChI=1S/C14H21NO2/c1-13(2)7-6-10-8-11(14(3,16)9-15)4-5-12(10)17-13/h4-5,8,16H,6-7,9,15H2,1-3H3. The molecule has 1 unspecified atom stereocenters. The number of benzene rings is 1. The van der Waals surface area contributed by atoms with E-state index in [0.29, 0.717) is 0 Å². The Morgan fingerprint density at radius 2 is 2.18 bits per heavy atom. The molecule has 1 aromatic carbocycles. The highest BCUT2D eigenvalue weighted by atomic mass is 16.5. The van der Waals surface area contributed by atoms with Crippen molar-refractivity contribution >= 4 is 0 Å². The summed E-state index contributed by atoms with van der Waals surface area (Å²) in [5, 5.41) is 10.1. The quantitative estimate of drug-likeness (QED) is 0.824. The minimum Gasteiger partial charge on any atom is -0.488 e. The monoisotopic (exact) mass is 235 g/mol. The molecule has 0 aliphatic carbocycles. The van der Waals surface area contributed by atoms with E-state index in [2.05, 4.69) is 13.8 Å². The second kappa shape index (κ2) is 4.00. The Hall–Kier alpha value is -1.06. The van der Waals surface area contributed by atoms with Crippen LogP contribution in [0.2, 0.25) is 0 Å². The van der Waals surface area contributed by atoms with Gasteiger partial charge in [-0.05, 0) is 56.9 Å². The molecule has 1 aromatic rings. The Kier molecular flexibility index (Phi) is 2.92. The molecule has 3 nitrogen and oxygen atoms in total. The third-order valence-electron chi connectivity index (χ3n) is 3.46. The molecule has 0 saturated heterocycles. The van der Waals surface area contributed by atoms with Crippen molar-refractivity contribution in [3.05, 3.63) is 29.3 Å². The first-order chi connectivity index (χ1) is 7.84. The lowest BCUT2D eigenvalue weighted by Crippen LogP contribution is -2.34. The highest BCUT2D eigenvalue weighted by molar-refractivity contribution is 5.41. The lowest BCUT2D eigenvalue weighted by Gasteiger charge is -2.33. The van der Waals surface area contributed by atoms with Gasteiger partial charge in [0.05, 0.1) is 5.60 Å². The maximum atomic E-state index is 10.1. The molecule has 0 radical (unpaired) electrons. The van der Waals surface area contributed by atoms with E-state index in [4.69, 9.17) is 10.5 Å². The molecule has 2 rings (SSSR count). The van der Waals surface area contributed by atoms with Crippen LogP contribution in [0.1, 0.15) is 38.3 Å². The van der Waals surface area contributed by atoms with Crippen molar-refractivity contribution in [1.82, 2.24) is 0 Å². The molecule has 0 amide bonds. The molecule has 0 aromatic heterocycles. The van der Waals surface area contributed by atoms with Gasteiger partial charge in [0.15, 0.2) is 0 Å². The zero-order chi connectivity index (χ0) is 12.7. The number of rotatable bonds is 2. The van der Waals surface area contributed by atoms with Crippen LogP contribution in [-0.2, 0) is 12.0 Å². The van der Waals surface area contributed by atoms with Crippen LogP contribution in [0.25, 0.3) is 0 Å². The van der Waals surface area contributed by atoms with Crippen LogP contribution in [0, 0.1) is 0 Å². The van der Waals surface area contributed by atoms with Crippen molar-refractivity contribution in [3.8, 4) is 5.75 Å². The minimum atomic E-state index is -0.956. The fourth-order valence-electron chi connectivity index (χ4n) is 2.11. The average Bonchev–Trinajstić information content (AvgIpc) is 2.27. The third-order valence-corrected chi connectivity index (χ3v) is 3.46. The summed E-state index contributed by atoms with van der Waals surface area (Å²) in [6.07, 6.45) is 1.98. The Bertz CT molecular complexity index is 424. The summed E-state index contributed by atoms with van der Waals surface area (Å²) in [5.41, 5.74) is 6.55. The van der Waals surface area contributed by atoms with Crippen molar-refractivity contribution in [2.75, 3.05) is 6.54 Å². The average molecular weight is 235 g/mol. The van der Waals surface area contributed by atoms with E-state index < -0.39 is 5.60 Å². The van der Waals surface area contributed by atoms with Gasteiger partial charge in [0.25, 0.3) is 0 Å². The Balaban J connectivity index is 2.34. The number of fused-ring (bicyclic) bond motifs is 1. The van der Waals surface area contributed by atoms with E-state index >= 15 is 0 Å². The van der Waals surface area contributed by atoms with Gasteiger partial charge < -0.3 is 15.6 Å². The zero-order valence-electron chi connectivity index (χ0n) is 10.8. The van der Waals surface area contributed by atoms with Crippen molar-refractivity contribution in [2.24, 2.45) is 5.73 Å². The highest BCUT2D eigenvalue weighted by Crippen LogP contribution is 2.35. The highest BCUT2D eigenvalue weighted by Gasteiger charge is 2.28. The SMILES string of the molecule is CC1(C)CCc2cc(C(C)(O)CN)ccc2O1. The number of aliphatic hydroxyl groups is 1. The van der Waals surface area contributed by atoms with Crippen LogP contribution < -0.4 is 10.5 Å². The first kappa shape index (κ1) is 12.4. The summed E-state index contributed by atoms with van der Waals surface area (Å²) >= 11 is 0. The number of nitrogens with two attached hydrogens (primary N) is 1. The predicted octanol–water partition coefficient (Wildman–Crippen LogP) is 1.96. The molecule has 1 atom stereocenters. The molecule has 0 saturated carbocycles. The lowest BCUT2D eigenvalue weighted by molar-refractivity contribution is 0.0652. The fourth-order valence-corrected chi connectivity index (χ4v) is 2.11. The summed E-state index contributed by atoms with van der Waals surface area (Å²) in [5.74, 6) is 0.929. The molecule has 0 spiro atoms. The number of hydrogen-bond acceptors (Lipinski definition) is 3. The van der Waals surface area contributed by atoms with Gasteiger partial charge in [-0.3, -0.25) is 0 Å². The molecule has 17 heavy (non-hydrogen) atoms. The first-order valence-corrected chi connectivity index (χ1v) is 6.09. The molecule has 1 aliphatic heterocycles. The van der Waals surface area contributed by atoms with Crippen molar-refractivity contribution in [1.29, 1.82) is 0 Å². The van der Waals surface area contributed by atoms with Gasteiger partial charge in [0.1, 0.15) is 11.4 Å². The van der Waals surface area contributed by atoms with Gasteiger partial charge in [0.2, 0.25) is 0 Å². The lowest BCUT2D eigenvalue weighted by atomic mass is 9.89. The van der Waals surface area contributed by atoms with Gasteiger partial charge >= 0.3 is 0 Å². The van der Waals surface area contributed by atoms with Crippen LogP contribution in [0.5, 0.6) is 5.75 Å². The number of aryl methyl sites for hydroxylation is 1. The second-order valence-corrected chi connectivity index (χ2v) is 5.66.